The number of hydrogen-bond donors (Lipinski definition) is 1. The number of ether oxygens (including phenoxy) is 1. The van der Waals surface area contributed by atoms with Gasteiger partial charge in [0.15, 0.2) is 0 Å². The molecule has 4 nitrogen and oxygen atoms in total. The van der Waals surface area contributed by atoms with Gasteiger partial charge in [-0.25, -0.2) is 4.79 Å². The van der Waals surface area contributed by atoms with Crippen LogP contribution in [0.1, 0.15) is 59.3 Å². The highest BCUT2D eigenvalue weighted by atomic mass is 16.5. The maximum atomic E-state index is 12.7. The number of hydrogen-bond acceptors (Lipinski definition) is 4. The van der Waals surface area contributed by atoms with E-state index in [0.29, 0.717) is 18.6 Å². The molecule has 2 aliphatic rings. The molecular weight excluding hydrogens is 264 g/mol. The zero-order valence-corrected chi connectivity index (χ0v) is 14.0. The lowest BCUT2D eigenvalue weighted by atomic mass is 9.91. The molecule has 21 heavy (non-hydrogen) atoms. The topological polar surface area (TPSA) is 41.6 Å². The van der Waals surface area contributed by atoms with Crippen LogP contribution in [0.5, 0.6) is 0 Å². The van der Waals surface area contributed by atoms with E-state index in [0.717, 1.165) is 32.5 Å². The zero-order valence-electron chi connectivity index (χ0n) is 14.0. The van der Waals surface area contributed by atoms with Crippen LogP contribution in [0.2, 0.25) is 0 Å². The van der Waals surface area contributed by atoms with Gasteiger partial charge in [-0.15, -0.1) is 0 Å². The Hall–Kier alpha value is -0.610. The number of esters is 1. The normalized spacial score (nSPS) is 22.5. The van der Waals surface area contributed by atoms with Gasteiger partial charge in [0.05, 0.1) is 6.61 Å². The first-order valence-corrected chi connectivity index (χ1v) is 8.84. The van der Waals surface area contributed by atoms with Gasteiger partial charge in [-0.05, 0) is 51.6 Å². The molecule has 1 N–H and O–H groups in total. The van der Waals surface area contributed by atoms with Crippen LogP contribution >= 0.6 is 0 Å². The van der Waals surface area contributed by atoms with Gasteiger partial charge in [-0.2, -0.15) is 0 Å². The molecule has 1 atom stereocenters. The van der Waals surface area contributed by atoms with E-state index in [1.807, 2.05) is 6.92 Å². The van der Waals surface area contributed by atoms with Gasteiger partial charge in [-0.1, -0.05) is 26.7 Å². The Balaban J connectivity index is 2.14. The lowest BCUT2D eigenvalue weighted by Crippen LogP contribution is -2.62. The highest BCUT2D eigenvalue weighted by molar-refractivity contribution is 5.82. The van der Waals surface area contributed by atoms with E-state index in [1.54, 1.807) is 0 Å². The second-order valence-electron chi connectivity index (χ2n) is 6.50. The van der Waals surface area contributed by atoms with Crippen LogP contribution in [0.15, 0.2) is 0 Å². The number of likely N-dealkylation sites (N-methyl/N-ethyl adjacent to an activating group) is 2. The van der Waals surface area contributed by atoms with E-state index in [4.69, 9.17) is 4.74 Å². The summed E-state index contributed by atoms with van der Waals surface area (Å²) >= 11 is 0. The van der Waals surface area contributed by atoms with Crippen molar-refractivity contribution in [3.05, 3.63) is 0 Å². The Morgan fingerprint density at radius 3 is 2.33 bits per heavy atom. The molecule has 0 saturated heterocycles. The summed E-state index contributed by atoms with van der Waals surface area (Å²) in [5.41, 5.74) is -0.483. The summed E-state index contributed by atoms with van der Waals surface area (Å²) in [6, 6.07) is 0.654. The third-order valence-corrected chi connectivity index (χ3v) is 5.11. The van der Waals surface area contributed by atoms with Gasteiger partial charge < -0.3 is 10.1 Å². The molecule has 4 heteroatoms. The third kappa shape index (κ3) is 3.78. The van der Waals surface area contributed by atoms with Crippen molar-refractivity contribution in [3.8, 4) is 0 Å². The molecule has 2 fully saturated rings. The first-order chi connectivity index (χ1) is 10.2. The Bertz CT molecular complexity index is 338. The van der Waals surface area contributed by atoms with Crippen LogP contribution < -0.4 is 5.32 Å². The molecular formula is C17H32N2O2. The van der Waals surface area contributed by atoms with Crippen molar-refractivity contribution in [2.24, 2.45) is 5.92 Å². The summed E-state index contributed by atoms with van der Waals surface area (Å²) in [6.07, 6.45) is 7.52. The summed E-state index contributed by atoms with van der Waals surface area (Å²) in [6.45, 7) is 9.31. The molecule has 0 radical (unpaired) electrons. The van der Waals surface area contributed by atoms with E-state index in [9.17, 15) is 4.79 Å². The van der Waals surface area contributed by atoms with Gasteiger partial charge in [-0.3, -0.25) is 4.90 Å². The first kappa shape index (κ1) is 16.8. The Morgan fingerprint density at radius 2 is 1.86 bits per heavy atom. The third-order valence-electron chi connectivity index (χ3n) is 5.11. The van der Waals surface area contributed by atoms with Gasteiger partial charge in [0.1, 0.15) is 5.54 Å². The Kier molecular flexibility index (Phi) is 6.06. The fourth-order valence-electron chi connectivity index (χ4n) is 3.87. The van der Waals surface area contributed by atoms with E-state index in [1.165, 1.54) is 25.7 Å². The van der Waals surface area contributed by atoms with E-state index in [2.05, 4.69) is 24.1 Å². The molecule has 0 aromatic heterocycles. The molecule has 0 aliphatic heterocycles. The van der Waals surface area contributed by atoms with Crippen molar-refractivity contribution < 1.29 is 9.53 Å². The number of nitrogens with one attached hydrogen (secondary N) is 1. The predicted octanol–water partition coefficient (Wildman–Crippen LogP) is 2.57. The van der Waals surface area contributed by atoms with Crippen molar-refractivity contribution in [1.29, 1.82) is 0 Å². The summed E-state index contributed by atoms with van der Waals surface area (Å²) in [5, 5.41) is 3.51. The van der Waals surface area contributed by atoms with Crippen molar-refractivity contribution in [3.63, 3.8) is 0 Å². The molecule has 0 heterocycles. The van der Waals surface area contributed by atoms with E-state index >= 15 is 0 Å². The lowest BCUT2D eigenvalue weighted by molar-refractivity contribution is -0.153. The van der Waals surface area contributed by atoms with Gasteiger partial charge in [0, 0.05) is 12.6 Å². The number of nitrogens with zero attached hydrogens (tertiary/aromatic N) is 1. The van der Waals surface area contributed by atoms with Crippen LogP contribution in [-0.2, 0) is 9.53 Å². The van der Waals surface area contributed by atoms with Crippen LogP contribution in [0.3, 0.4) is 0 Å². The smallest absolute Gasteiger partial charge is 0.327 e. The Labute approximate surface area is 129 Å². The quantitative estimate of drug-likeness (QED) is 0.664. The zero-order chi connectivity index (χ0) is 15.3. The molecule has 0 aromatic carbocycles. The second kappa shape index (κ2) is 7.59. The standard InChI is InChI=1S/C17H32N2O2/c1-4-18-17(14-11-12-14,16(20)21-6-3)13-19(5-2)15-9-7-8-10-15/h14-15,18H,4-13H2,1-3H3. The molecule has 0 spiro atoms. The predicted molar refractivity (Wildman–Crippen MR) is 85.3 cm³/mol. The van der Waals surface area contributed by atoms with Crippen molar-refractivity contribution in [1.82, 2.24) is 10.2 Å². The molecule has 2 rings (SSSR count). The minimum absolute atomic E-state index is 0.0363. The molecule has 0 amide bonds. The maximum Gasteiger partial charge on any atom is 0.327 e. The van der Waals surface area contributed by atoms with Gasteiger partial charge >= 0.3 is 5.97 Å². The molecule has 2 aliphatic carbocycles. The number of carbonyl (C=O) groups excluding carboxylic acids is 1. The summed E-state index contributed by atoms with van der Waals surface area (Å²) < 4.78 is 5.44. The van der Waals surface area contributed by atoms with Crippen molar-refractivity contribution in [2.75, 3.05) is 26.2 Å². The fraction of sp³-hybridized carbons (Fsp3) is 0.941. The SMILES string of the molecule is CCNC(CN(CC)C1CCCC1)(C(=O)OCC)C1CC1. The van der Waals surface area contributed by atoms with Crippen LogP contribution in [-0.4, -0.2) is 48.7 Å². The number of carbonyl (C=O) groups is 1. The maximum absolute atomic E-state index is 12.7. The molecule has 0 aromatic rings. The van der Waals surface area contributed by atoms with Crippen LogP contribution in [0, 0.1) is 5.92 Å². The van der Waals surface area contributed by atoms with Gasteiger partial charge in [0.25, 0.3) is 0 Å². The fourth-order valence-corrected chi connectivity index (χ4v) is 3.87. The average Bonchev–Trinajstić information content (AvgIpc) is 3.20. The van der Waals surface area contributed by atoms with Gasteiger partial charge in [0.2, 0.25) is 0 Å². The van der Waals surface area contributed by atoms with Crippen molar-refractivity contribution in [2.45, 2.75) is 70.9 Å². The molecule has 0 bridgehead atoms. The largest absolute Gasteiger partial charge is 0.465 e. The van der Waals surface area contributed by atoms with E-state index < -0.39 is 5.54 Å². The highest BCUT2D eigenvalue weighted by Crippen LogP contribution is 2.42. The van der Waals surface area contributed by atoms with E-state index in [-0.39, 0.29) is 5.97 Å². The summed E-state index contributed by atoms with van der Waals surface area (Å²) in [4.78, 5) is 15.2. The lowest BCUT2D eigenvalue weighted by Gasteiger charge is -2.39. The van der Waals surface area contributed by atoms with Crippen LogP contribution in [0.25, 0.3) is 0 Å². The molecule has 122 valence electrons. The monoisotopic (exact) mass is 296 g/mol. The first-order valence-electron chi connectivity index (χ1n) is 8.84. The summed E-state index contributed by atoms with van der Waals surface area (Å²) in [7, 11) is 0. The minimum atomic E-state index is -0.483. The average molecular weight is 296 g/mol. The highest BCUT2D eigenvalue weighted by Gasteiger charge is 2.52. The van der Waals surface area contributed by atoms with Crippen LogP contribution in [0.4, 0.5) is 0 Å². The molecule has 1 unspecified atom stereocenters. The number of rotatable bonds is 9. The second-order valence-corrected chi connectivity index (χ2v) is 6.50. The molecule has 2 saturated carbocycles. The summed E-state index contributed by atoms with van der Waals surface area (Å²) in [5.74, 6) is 0.415. The minimum Gasteiger partial charge on any atom is -0.465 e. The van der Waals surface area contributed by atoms with Crippen molar-refractivity contribution >= 4 is 5.97 Å². The Morgan fingerprint density at radius 1 is 1.19 bits per heavy atom.